The van der Waals surface area contributed by atoms with Crippen LogP contribution in [-0.4, -0.2) is 29.5 Å². The zero-order chi connectivity index (χ0) is 21.8. The Balaban J connectivity index is 1.31. The molecule has 0 aliphatic carbocycles. The van der Waals surface area contributed by atoms with E-state index in [0.717, 1.165) is 17.0 Å². The van der Waals surface area contributed by atoms with Gasteiger partial charge in [0.25, 0.3) is 5.91 Å². The number of hydrogen-bond donors (Lipinski definition) is 2. The molecule has 0 spiro atoms. The maximum atomic E-state index is 12.5. The first-order valence-corrected chi connectivity index (χ1v) is 10.8. The molecule has 4 rings (SSSR count). The van der Waals surface area contributed by atoms with E-state index in [-0.39, 0.29) is 24.4 Å². The number of carbonyl (C=O) groups is 2. The molecule has 1 aromatic heterocycles. The Morgan fingerprint density at radius 3 is 2.58 bits per heavy atom. The van der Waals surface area contributed by atoms with Gasteiger partial charge in [-0.05, 0) is 50.2 Å². The van der Waals surface area contributed by atoms with Gasteiger partial charge in [0.2, 0.25) is 12.7 Å². The number of nitrogens with zero attached hydrogens (tertiary/aromatic N) is 1. The minimum Gasteiger partial charge on any atom is -0.454 e. The fourth-order valence-electron chi connectivity index (χ4n) is 3.07. The van der Waals surface area contributed by atoms with Crippen molar-refractivity contribution in [2.75, 3.05) is 23.2 Å². The molecule has 0 saturated heterocycles. The number of aromatic nitrogens is 1. The van der Waals surface area contributed by atoms with Crippen LogP contribution >= 0.6 is 11.8 Å². The number of hydrogen-bond acceptors (Lipinski definition) is 7. The van der Waals surface area contributed by atoms with Crippen molar-refractivity contribution in [3.63, 3.8) is 0 Å². The van der Waals surface area contributed by atoms with Crippen molar-refractivity contribution in [1.29, 1.82) is 0 Å². The first kappa shape index (κ1) is 20.8. The Kier molecular flexibility index (Phi) is 6.13. The number of carbonyl (C=O) groups excluding carboxylic acids is 2. The summed E-state index contributed by atoms with van der Waals surface area (Å²) < 4.78 is 15.7. The number of rotatable bonds is 7. The summed E-state index contributed by atoms with van der Waals surface area (Å²) in [5, 5.41) is 9.60. The number of nitrogens with one attached hydrogen (secondary N) is 2. The first-order chi connectivity index (χ1) is 15.0. The minimum atomic E-state index is -0.281. The molecule has 9 heteroatoms. The highest BCUT2D eigenvalue weighted by Gasteiger charge is 2.16. The summed E-state index contributed by atoms with van der Waals surface area (Å²) in [4.78, 5) is 24.8. The second kappa shape index (κ2) is 9.13. The third-order valence-electron chi connectivity index (χ3n) is 4.70. The predicted octanol–water partition coefficient (Wildman–Crippen LogP) is 4.14. The lowest BCUT2D eigenvalue weighted by molar-refractivity contribution is -0.113. The van der Waals surface area contributed by atoms with E-state index in [4.69, 9.17) is 14.0 Å². The molecule has 0 radical (unpaired) electrons. The van der Waals surface area contributed by atoms with Gasteiger partial charge in [0.05, 0.1) is 11.4 Å². The van der Waals surface area contributed by atoms with Crippen molar-refractivity contribution in [2.45, 2.75) is 19.6 Å². The number of thioether (sulfide) groups is 1. The standard InChI is InChI=1S/C22H21N3O5S/c1-13-18(14(2)30-25-13)10-31-11-21(26)23-16-4-3-5-17(9-16)24-22(27)15-6-7-19-20(8-15)29-12-28-19/h3-9H,10-12H2,1-2H3,(H,23,26)(H,24,27). The van der Waals surface area contributed by atoms with E-state index in [2.05, 4.69) is 15.8 Å². The summed E-state index contributed by atoms with van der Waals surface area (Å²) in [5.74, 6) is 2.47. The molecule has 2 aromatic carbocycles. The Morgan fingerprint density at radius 1 is 1.03 bits per heavy atom. The van der Waals surface area contributed by atoms with Crippen LogP contribution in [0.3, 0.4) is 0 Å². The minimum absolute atomic E-state index is 0.129. The van der Waals surface area contributed by atoms with Crippen LogP contribution in [0.25, 0.3) is 0 Å². The van der Waals surface area contributed by atoms with E-state index < -0.39 is 0 Å². The zero-order valence-electron chi connectivity index (χ0n) is 17.1. The van der Waals surface area contributed by atoms with E-state index >= 15 is 0 Å². The third-order valence-corrected chi connectivity index (χ3v) is 5.66. The molecule has 0 atom stereocenters. The molecule has 1 aliphatic rings. The topological polar surface area (TPSA) is 103 Å². The van der Waals surface area contributed by atoms with Crippen LogP contribution in [0.4, 0.5) is 11.4 Å². The van der Waals surface area contributed by atoms with Crippen LogP contribution in [0.2, 0.25) is 0 Å². The Labute approximate surface area is 183 Å². The fraction of sp³-hybridized carbons (Fsp3) is 0.227. The normalized spacial score (nSPS) is 11.9. The van der Waals surface area contributed by atoms with Gasteiger partial charge in [-0.3, -0.25) is 9.59 Å². The second-order valence-electron chi connectivity index (χ2n) is 6.95. The molecule has 0 saturated carbocycles. The van der Waals surface area contributed by atoms with Crippen molar-refractivity contribution < 1.29 is 23.6 Å². The van der Waals surface area contributed by atoms with Crippen LogP contribution in [0.1, 0.15) is 27.4 Å². The van der Waals surface area contributed by atoms with E-state index in [1.165, 1.54) is 11.8 Å². The molecule has 1 aliphatic heterocycles. The Bertz CT molecular complexity index is 1110. The molecule has 2 N–H and O–H groups in total. The maximum Gasteiger partial charge on any atom is 0.255 e. The Morgan fingerprint density at radius 2 is 1.81 bits per heavy atom. The lowest BCUT2D eigenvalue weighted by Crippen LogP contribution is -2.15. The van der Waals surface area contributed by atoms with Gasteiger partial charge in [-0.2, -0.15) is 0 Å². The molecule has 0 fully saturated rings. The molecular formula is C22H21N3O5S. The molecule has 2 amide bonds. The molecular weight excluding hydrogens is 418 g/mol. The highest BCUT2D eigenvalue weighted by atomic mass is 32.2. The van der Waals surface area contributed by atoms with Crippen LogP contribution in [0, 0.1) is 13.8 Å². The third kappa shape index (κ3) is 5.00. The van der Waals surface area contributed by atoms with Gasteiger partial charge in [-0.1, -0.05) is 11.2 Å². The predicted molar refractivity (Wildman–Crippen MR) is 118 cm³/mol. The molecule has 0 bridgehead atoms. The van der Waals surface area contributed by atoms with Gasteiger partial charge in [0.1, 0.15) is 5.76 Å². The summed E-state index contributed by atoms with van der Waals surface area (Å²) in [6.07, 6.45) is 0. The summed E-state index contributed by atoms with van der Waals surface area (Å²) in [5.41, 5.74) is 3.49. The quantitative estimate of drug-likeness (QED) is 0.570. The number of ether oxygens (including phenoxy) is 2. The van der Waals surface area contributed by atoms with Gasteiger partial charge in [0.15, 0.2) is 11.5 Å². The van der Waals surface area contributed by atoms with E-state index in [1.54, 1.807) is 42.5 Å². The second-order valence-corrected chi connectivity index (χ2v) is 7.93. The van der Waals surface area contributed by atoms with Crippen LogP contribution < -0.4 is 20.1 Å². The van der Waals surface area contributed by atoms with Gasteiger partial charge in [-0.25, -0.2) is 0 Å². The van der Waals surface area contributed by atoms with Crippen molar-refractivity contribution in [2.24, 2.45) is 0 Å². The molecule has 8 nitrogen and oxygen atoms in total. The number of amides is 2. The summed E-state index contributed by atoms with van der Waals surface area (Å²) in [6.45, 7) is 3.90. The van der Waals surface area contributed by atoms with E-state index in [9.17, 15) is 9.59 Å². The monoisotopic (exact) mass is 439 g/mol. The average molecular weight is 439 g/mol. The summed E-state index contributed by atoms with van der Waals surface area (Å²) in [6, 6.07) is 12.0. The lowest BCUT2D eigenvalue weighted by atomic mass is 10.2. The number of benzene rings is 2. The number of fused-ring (bicyclic) bond motifs is 1. The van der Waals surface area contributed by atoms with Gasteiger partial charge in [-0.15, -0.1) is 11.8 Å². The molecule has 3 aromatic rings. The van der Waals surface area contributed by atoms with Gasteiger partial charge in [0, 0.05) is 28.3 Å². The highest BCUT2D eigenvalue weighted by molar-refractivity contribution is 7.99. The van der Waals surface area contributed by atoms with Crippen molar-refractivity contribution in [1.82, 2.24) is 5.16 Å². The Hall–Kier alpha value is -3.46. The van der Waals surface area contributed by atoms with Crippen molar-refractivity contribution in [3.8, 4) is 11.5 Å². The SMILES string of the molecule is Cc1noc(C)c1CSCC(=O)Nc1cccc(NC(=O)c2ccc3c(c2)OCO3)c1. The molecule has 0 unspecified atom stereocenters. The smallest absolute Gasteiger partial charge is 0.255 e. The highest BCUT2D eigenvalue weighted by Crippen LogP contribution is 2.32. The average Bonchev–Trinajstić information content (AvgIpc) is 3.35. The van der Waals surface area contributed by atoms with Crippen LogP contribution in [0.5, 0.6) is 11.5 Å². The maximum absolute atomic E-state index is 12.5. The summed E-state index contributed by atoms with van der Waals surface area (Å²) >= 11 is 1.48. The van der Waals surface area contributed by atoms with Crippen molar-refractivity contribution >= 4 is 35.0 Å². The molecule has 31 heavy (non-hydrogen) atoms. The molecule has 2 heterocycles. The van der Waals surface area contributed by atoms with Crippen molar-refractivity contribution in [3.05, 3.63) is 65.0 Å². The molecule has 160 valence electrons. The fourth-order valence-corrected chi connectivity index (χ4v) is 4.04. The van der Waals surface area contributed by atoms with E-state index in [0.29, 0.717) is 34.2 Å². The zero-order valence-corrected chi connectivity index (χ0v) is 17.9. The number of aryl methyl sites for hydroxylation is 2. The van der Waals surface area contributed by atoms with Gasteiger partial charge < -0.3 is 24.6 Å². The summed E-state index contributed by atoms with van der Waals surface area (Å²) in [7, 11) is 0. The van der Waals surface area contributed by atoms with E-state index in [1.807, 2.05) is 13.8 Å². The first-order valence-electron chi connectivity index (χ1n) is 9.60. The lowest BCUT2D eigenvalue weighted by Gasteiger charge is -2.09. The number of anilines is 2. The van der Waals surface area contributed by atoms with Gasteiger partial charge >= 0.3 is 0 Å². The largest absolute Gasteiger partial charge is 0.454 e. The van der Waals surface area contributed by atoms with Crippen LogP contribution in [0.15, 0.2) is 47.0 Å². The van der Waals surface area contributed by atoms with Crippen LogP contribution in [-0.2, 0) is 10.5 Å².